The smallest absolute Gasteiger partial charge is 0.265 e. The van der Waals surface area contributed by atoms with Crippen LogP contribution < -0.4 is 11.1 Å². The minimum Gasteiger partial charge on any atom is -0.384 e. The van der Waals surface area contributed by atoms with E-state index in [9.17, 15) is 13.2 Å². The van der Waals surface area contributed by atoms with Gasteiger partial charge in [0.2, 0.25) is 10.0 Å². The van der Waals surface area contributed by atoms with E-state index in [2.05, 4.69) is 10.5 Å². The highest BCUT2D eigenvalue weighted by Crippen LogP contribution is 2.19. The zero-order valence-corrected chi connectivity index (χ0v) is 16.7. The first-order valence-electron chi connectivity index (χ1n) is 8.26. The van der Waals surface area contributed by atoms with Crippen molar-refractivity contribution in [2.45, 2.75) is 18.7 Å². The molecule has 0 aliphatic carbocycles. The minimum absolute atomic E-state index is 0.115. The third kappa shape index (κ3) is 5.52. The summed E-state index contributed by atoms with van der Waals surface area (Å²) in [4.78, 5) is 17.1. The largest absolute Gasteiger partial charge is 0.384 e. The van der Waals surface area contributed by atoms with Crippen LogP contribution in [-0.4, -0.2) is 44.2 Å². The standard InChI is InChI=1S/C17H22N4O4S2/c1-3-21(4-2)27(23,24)15-7-5-6-14(10-15)19-16(22)11-25-20-17(18)13-8-9-26-12-13/h5-10,12H,3-4,11H2,1-2H3,(H2,18,20)(H,19,22). The number of hydrogen-bond acceptors (Lipinski definition) is 6. The summed E-state index contributed by atoms with van der Waals surface area (Å²) in [7, 11) is -3.60. The third-order valence-electron chi connectivity index (χ3n) is 3.64. The molecule has 0 aliphatic heterocycles. The number of nitrogens with one attached hydrogen (secondary N) is 1. The number of nitrogens with two attached hydrogens (primary N) is 1. The lowest BCUT2D eigenvalue weighted by molar-refractivity contribution is -0.120. The van der Waals surface area contributed by atoms with Crippen LogP contribution in [0.15, 0.2) is 51.1 Å². The van der Waals surface area contributed by atoms with Crippen LogP contribution >= 0.6 is 11.3 Å². The SMILES string of the molecule is CCN(CC)S(=O)(=O)c1cccc(NC(=O)CO/N=C(/N)c2ccsc2)c1. The molecular weight excluding hydrogens is 388 g/mol. The first-order chi connectivity index (χ1) is 12.9. The van der Waals surface area contributed by atoms with Crippen molar-refractivity contribution < 1.29 is 18.0 Å². The molecule has 8 nitrogen and oxygen atoms in total. The van der Waals surface area contributed by atoms with Gasteiger partial charge in [0.15, 0.2) is 12.4 Å². The number of carbonyl (C=O) groups excluding carboxylic acids is 1. The van der Waals surface area contributed by atoms with Gasteiger partial charge in [-0.05, 0) is 29.6 Å². The Kier molecular flexibility index (Phi) is 7.34. The van der Waals surface area contributed by atoms with E-state index in [0.717, 1.165) is 5.56 Å². The number of oxime groups is 1. The molecule has 0 aliphatic rings. The Labute approximate surface area is 162 Å². The molecule has 1 heterocycles. The number of hydrogen-bond donors (Lipinski definition) is 2. The third-order valence-corrected chi connectivity index (χ3v) is 6.37. The predicted octanol–water partition coefficient (Wildman–Crippen LogP) is 2.05. The van der Waals surface area contributed by atoms with E-state index in [-0.39, 0.29) is 17.3 Å². The van der Waals surface area contributed by atoms with E-state index >= 15 is 0 Å². The summed E-state index contributed by atoms with van der Waals surface area (Å²) in [5, 5.41) is 9.93. The maximum Gasteiger partial charge on any atom is 0.265 e. The Morgan fingerprint density at radius 3 is 2.67 bits per heavy atom. The fourth-order valence-electron chi connectivity index (χ4n) is 2.27. The van der Waals surface area contributed by atoms with Gasteiger partial charge in [-0.3, -0.25) is 4.79 Å². The first-order valence-corrected chi connectivity index (χ1v) is 10.6. The summed E-state index contributed by atoms with van der Waals surface area (Å²) >= 11 is 1.47. The molecule has 3 N–H and O–H groups in total. The molecule has 0 spiro atoms. The highest BCUT2D eigenvalue weighted by molar-refractivity contribution is 7.89. The number of amides is 1. The molecule has 1 aromatic carbocycles. The normalized spacial score (nSPS) is 12.2. The van der Waals surface area contributed by atoms with E-state index in [1.165, 1.54) is 27.8 Å². The van der Waals surface area contributed by atoms with Crippen LogP contribution in [0.1, 0.15) is 19.4 Å². The minimum atomic E-state index is -3.60. The van der Waals surface area contributed by atoms with Crippen molar-refractivity contribution in [2.24, 2.45) is 10.9 Å². The fourth-order valence-corrected chi connectivity index (χ4v) is 4.42. The van der Waals surface area contributed by atoms with E-state index < -0.39 is 15.9 Å². The van der Waals surface area contributed by atoms with Crippen molar-refractivity contribution in [3.63, 3.8) is 0 Å². The highest BCUT2D eigenvalue weighted by atomic mass is 32.2. The monoisotopic (exact) mass is 410 g/mol. The molecule has 0 saturated heterocycles. The van der Waals surface area contributed by atoms with Gasteiger partial charge in [0.1, 0.15) is 0 Å². The van der Waals surface area contributed by atoms with Gasteiger partial charge in [-0.25, -0.2) is 8.42 Å². The molecule has 0 fully saturated rings. The molecule has 2 aromatic rings. The zero-order chi connectivity index (χ0) is 19.9. The van der Waals surface area contributed by atoms with E-state index in [0.29, 0.717) is 18.8 Å². The average Bonchev–Trinajstić information content (AvgIpc) is 3.17. The molecule has 10 heteroatoms. The number of rotatable bonds is 9. The molecule has 0 bridgehead atoms. The van der Waals surface area contributed by atoms with Gasteiger partial charge in [0, 0.05) is 29.7 Å². The molecule has 0 radical (unpaired) electrons. The second kappa shape index (κ2) is 9.49. The van der Waals surface area contributed by atoms with Crippen LogP contribution in [0.25, 0.3) is 0 Å². The molecule has 0 atom stereocenters. The van der Waals surface area contributed by atoms with Gasteiger partial charge in [0.05, 0.1) is 4.90 Å². The zero-order valence-electron chi connectivity index (χ0n) is 15.1. The Morgan fingerprint density at radius 2 is 2.04 bits per heavy atom. The van der Waals surface area contributed by atoms with Gasteiger partial charge >= 0.3 is 0 Å². The summed E-state index contributed by atoms with van der Waals surface area (Å²) in [6.45, 7) is 3.93. The predicted molar refractivity (Wildman–Crippen MR) is 106 cm³/mol. The Hall–Kier alpha value is -2.43. The van der Waals surface area contributed by atoms with Gasteiger partial charge in [0.25, 0.3) is 5.91 Å². The van der Waals surface area contributed by atoms with Crippen LogP contribution in [0.2, 0.25) is 0 Å². The highest BCUT2D eigenvalue weighted by Gasteiger charge is 2.21. The van der Waals surface area contributed by atoms with Crippen molar-refractivity contribution in [1.82, 2.24) is 4.31 Å². The lowest BCUT2D eigenvalue weighted by atomic mass is 10.3. The van der Waals surface area contributed by atoms with Crippen molar-refractivity contribution in [3.8, 4) is 0 Å². The molecule has 0 saturated carbocycles. The molecular formula is C17H22N4O4S2. The lowest BCUT2D eigenvalue weighted by Gasteiger charge is -2.18. The average molecular weight is 411 g/mol. The molecule has 146 valence electrons. The van der Waals surface area contributed by atoms with Gasteiger partial charge < -0.3 is 15.9 Å². The Balaban J connectivity index is 1.99. The topological polar surface area (TPSA) is 114 Å². The quantitative estimate of drug-likeness (QED) is 0.373. The van der Waals surface area contributed by atoms with Gasteiger partial charge in [-0.15, -0.1) is 0 Å². The number of nitrogens with zero attached hydrogens (tertiary/aromatic N) is 2. The molecule has 0 unspecified atom stereocenters. The Morgan fingerprint density at radius 1 is 1.30 bits per heavy atom. The van der Waals surface area contributed by atoms with Gasteiger partial charge in [-0.2, -0.15) is 15.6 Å². The molecule has 1 aromatic heterocycles. The molecule has 1 amide bonds. The van der Waals surface area contributed by atoms with Crippen molar-refractivity contribution in [1.29, 1.82) is 0 Å². The van der Waals surface area contributed by atoms with Crippen LogP contribution in [0.5, 0.6) is 0 Å². The first kappa shape index (κ1) is 20.9. The van der Waals surface area contributed by atoms with Crippen molar-refractivity contribution in [3.05, 3.63) is 46.7 Å². The van der Waals surface area contributed by atoms with Crippen LogP contribution in [-0.2, 0) is 19.7 Å². The number of thiophene rings is 1. The van der Waals surface area contributed by atoms with E-state index in [1.807, 2.05) is 10.8 Å². The summed E-state index contributed by atoms with van der Waals surface area (Å²) in [6, 6.07) is 7.86. The second-order valence-corrected chi connectivity index (χ2v) is 8.15. The van der Waals surface area contributed by atoms with Crippen LogP contribution in [0, 0.1) is 0 Å². The maximum absolute atomic E-state index is 12.5. The maximum atomic E-state index is 12.5. The second-order valence-electron chi connectivity index (χ2n) is 5.43. The summed E-state index contributed by atoms with van der Waals surface area (Å²) in [6.07, 6.45) is 0. The summed E-state index contributed by atoms with van der Waals surface area (Å²) in [5.74, 6) is -0.300. The van der Waals surface area contributed by atoms with Crippen LogP contribution in [0.3, 0.4) is 0 Å². The summed E-state index contributed by atoms with van der Waals surface area (Å²) in [5.41, 5.74) is 6.80. The van der Waals surface area contributed by atoms with Crippen molar-refractivity contribution >= 4 is 38.8 Å². The lowest BCUT2D eigenvalue weighted by Crippen LogP contribution is -2.30. The number of benzene rings is 1. The van der Waals surface area contributed by atoms with Crippen molar-refractivity contribution in [2.75, 3.05) is 25.0 Å². The summed E-state index contributed by atoms with van der Waals surface area (Å²) < 4.78 is 26.4. The Bertz CT molecular complexity index is 891. The van der Waals surface area contributed by atoms with Gasteiger partial charge in [-0.1, -0.05) is 25.1 Å². The number of sulfonamides is 1. The van der Waals surface area contributed by atoms with E-state index in [4.69, 9.17) is 10.6 Å². The molecule has 27 heavy (non-hydrogen) atoms. The van der Waals surface area contributed by atoms with E-state index in [1.54, 1.807) is 32.0 Å². The molecule has 2 rings (SSSR count). The number of anilines is 1. The fraction of sp³-hybridized carbons (Fsp3) is 0.294. The van der Waals surface area contributed by atoms with Crippen LogP contribution in [0.4, 0.5) is 5.69 Å². The number of amidine groups is 1. The number of carbonyl (C=O) groups is 1.